The molecule has 0 saturated carbocycles. The molecule has 0 aliphatic carbocycles. The molecule has 2 aliphatic rings. The third-order valence-corrected chi connectivity index (χ3v) is 6.78. The number of carbonyl (C=O) groups is 1. The van der Waals surface area contributed by atoms with Crippen LogP contribution < -0.4 is 14.2 Å². The third kappa shape index (κ3) is 3.84. The van der Waals surface area contributed by atoms with Crippen LogP contribution in [-0.2, 0) is 21.7 Å². The number of fused-ring (bicyclic) bond motifs is 2. The maximum Gasteiger partial charge on any atom is 0.342 e. The summed E-state index contributed by atoms with van der Waals surface area (Å²) in [5.74, 6) is -1.17. The molecule has 0 fully saturated rings. The van der Waals surface area contributed by atoms with Crippen LogP contribution >= 0.6 is 11.7 Å². The van der Waals surface area contributed by atoms with E-state index < -0.39 is 11.8 Å². The average molecular weight is 504 g/mol. The topological polar surface area (TPSA) is 113 Å². The van der Waals surface area contributed by atoms with E-state index in [1.807, 2.05) is 0 Å². The number of hydrogen-bond donors (Lipinski definition) is 1. The van der Waals surface area contributed by atoms with E-state index in [1.165, 1.54) is 7.11 Å². The second kappa shape index (κ2) is 8.89. The molecule has 9 nitrogen and oxygen atoms in total. The summed E-state index contributed by atoms with van der Waals surface area (Å²) in [6.07, 6.45) is 2.57. The molecule has 4 heterocycles. The van der Waals surface area contributed by atoms with Gasteiger partial charge in [0.25, 0.3) is 5.79 Å². The van der Waals surface area contributed by atoms with Crippen LogP contribution in [0.4, 0.5) is 0 Å². The van der Waals surface area contributed by atoms with Gasteiger partial charge in [0.2, 0.25) is 5.88 Å². The number of nitrogens with zero attached hydrogens (tertiary/aromatic N) is 3. The highest BCUT2D eigenvalue weighted by Gasteiger charge is 2.48. The van der Waals surface area contributed by atoms with Crippen molar-refractivity contribution in [2.45, 2.75) is 18.6 Å². The summed E-state index contributed by atoms with van der Waals surface area (Å²) < 4.78 is 31.1. The number of methoxy groups -OCH3 is 1. The van der Waals surface area contributed by atoms with Crippen molar-refractivity contribution in [1.29, 1.82) is 0 Å². The third-order valence-electron chi connectivity index (χ3n) is 6.23. The number of rotatable bonds is 5. The number of esters is 1. The number of cyclic esters (lactones) is 1. The van der Waals surface area contributed by atoms with Crippen LogP contribution in [0.5, 0.6) is 17.4 Å². The van der Waals surface area contributed by atoms with Crippen molar-refractivity contribution in [3.05, 3.63) is 77.0 Å². The Balaban J connectivity index is 1.52. The smallest absolute Gasteiger partial charge is 0.342 e. The minimum absolute atomic E-state index is 0.207. The second-order valence-electron chi connectivity index (χ2n) is 8.45. The van der Waals surface area contributed by atoms with Gasteiger partial charge in [-0.05, 0) is 47.5 Å². The van der Waals surface area contributed by atoms with Crippen LogP contribution in [-0.4, -0.2) is 45.1 Å². The molecule has 36 heavy (non-hydrogen) atoms. The monoisotopic (exact) mass is 503 g/mol. The first-order valence-electron chi connectivity index (χ1n) is 11.4. The van der Waals surface area contributed by atoms with Gasteiger partial charge in [0.1, 0.15) is 11.0 Å². The standard InChI is InChI=1S/C26H21N3O6S/c1-32-23-12-15(7-8-27-23)11-18-24(16-3-5-19-20(13-16)29-36-28-19)25(30)35-26(18,31)17-4-6-21-22(14-17)34-10-2-9-33-21/h3-8,12-14,31H,2,9-11H2,1H3. The Morgan fingerprint density at radius 1 is 1.03 bits per heavy atom. The fraction of sp³-hybridized carbons (Fsp3) is 0.231. The van der Waals surface area contributed by atoms with E-state index in [-0.39, 0.29) is 12.0 Å². The van der Waals surface area contributed by atoms with Crippen LogP contribution in [0.15, 0.2) is 60.3 Å². The SMILES string of the molecule is COc1cc(CC2=C(c3ccc4nsnc4c3)C(=O)OC2(O)c2ccc3c(c2)OCCCO3)ccn1. The van der Waals surface area contributed by atoms with Crippen molar-refractivity contribution >= 4 is 34.3 Å². The first kappa shape index (κ1) is 22.4. The Morgan fingerprint density at radius 2 is 1.86 bits per heavy atom. The van der Waals surface area contributed by atoms with Gasteiger partial charge in [0.05, 0.1) is 37.6 Å². The van der Waals surface area contributed by atoms with Crippen molar-refractivity contribution in [2.75, 3.05) is 20.3 Å². The number of benzene rings is 2. The van der Waals surface area contributed by atoms with Crippen LogP contribution in [0.2, 0.25) is 0 Å². The van der Waals surface area contributed by atoms with Crippen molar-refractivity contribution in [3.8, 4) is 17.4 Å². The number of aromatic nitrogens is 3. The molecule has 2 aromatic carbocycles. The van der Waals surface area contributed by atoms with Crippen LogP contribution in [0.3, 0.4) is 0 Å². The molecule has 0 radical (unpaired) electrons. The number of carbonyl (C=O) groups excluding carboxylic acids is 1. The van der Waals surface area contributed by atoms with Gasteiger partial charge in [-0.15, -0.1) is 0 Å². The molecule has 0 saturated heterocycles. The second-order valence-corrected chi connectivity index (χ2v) is 8.98. The zero-order valence-corrected chi connectivity index (χ0v) is 20.1. The van der Waals surface area contributed by atoms with Gasteiger partial charge >= 0.3 is 5.97 Å². The fourth-order valence-corrected chi connectivity index (χ4v) is 4.98. The lowest BCUT2D eigenvalue weighted by Crippen LogP contribution is -2.30. The zero-order chi connectivity index (χ0) is 24.7. The molecule has 1 unspecified atom stereocenters. The first-order valence-corrected chi connectivity index (χ1v) is 12.1. The fourth-order valence-electron chi connectivity index (χ4n) is 4.46. The zero-order valence-electron chi connectivity index (χ0n) is 19.3. The summed E-state index contributed by atoms with van der Waals surface area (Å²) in [6.45, 7) is 1.03. The van der Waals surface area contributed by atoms with E-state index in [0.29, 0.717) is 52.8 Å². The molecule has 0 spiro atoms. The number of aliphatic hydroxyl groups is 1. The Bertz CT molecular complexity index is 1520. The molecular formula is C26H21N3O6S. The van der Waals surface area contributed by atoms with Crippen molar-refractivity contribution in [1.82, 2.24) is 13.7 Å². The lowest BCUT2D eigenvalue weighted by Gasteiger charge is -2.26. The largest absolute Gasteiger partial charge is 0.490 e. The minimum atomic E-state index is -2.02. The summed E-state index contributed by atoms with van der Waals surface area (Å²) >= 11 is 1.10. The minimum Gasteiger partial charge on any atom is -0.490 e. The number of pyridine rings is 1. The van der Waals surface area contributed by atoms with E-state index in [4.69, 9.17) is 18.9 Å². The van der Waals surface area contributed by atoms with Gasteiger partial charge in [-0.3, -0.25) is 0 Å². The van der Waals surface area contributed by atoms with Gasteiger partial charge in [-0.1, -0.05) is 6.07 Å². The normalized spacial score (nSPS) is 19.3. The summed E-state index contributed by atoms with van der Waals surface area (Å²) in [5, 5.41) is 12.0. The Hall–Kier alpha value is -4.02. The Labute approximate surface area is 210 Å². The maximum atomic E-state index is 13.3. The van der Waals surface area contributed by atoms with E-state index in [2.05, 4.69) is 13.7 Å². The van der Waals surface area contributed by atoms with Crippen molar-refractivity contribution in [3.63, 3.8) is 0 Å². The van der Waals surface area contributed by atoms with E-state index in [9.17, 15) is 9.90 Å². The summed E-state index contributed by atoms with van der Waals surface area (Å²) in [6, 6.07) is 14.0. The molecule has 2 aliphatic heterocycles. The molecule has 1 N–H and O–H groups in total. The molecule has 4 aromatic rings. The first-order chi connectivity index (χ1) is 17.5. The van der Waals surface area contributed by atoms with E-state index >= 15 is 0 Å². The van der Waals surface area contributed by atoms with Gasteiger partial charge in [0.15, 0.2) is 11.5 Å². The highest BCUT2D eigenvalue weighted by atomic mass is 32.1. The molecule has 1 atom stereocenters. The molecule has 2 aromatic heterocycles. The highest BCUT2D eigenvalue weighted by molar-refractivity contribution is 7.00. The van der Waals surface area contributed by atoms with Gasteiger partial charge in [0, 0.05) is 36.2 Å². The lowest BCUT2D eigenvalue weighted by molar-refractivity contribution is -0.185. The number of hydrogen-bond acceptors (Lipinski definition) is 10. The van der Waals surface area contributed by atoms with Gasteiger partial charge in [-0.2, -0.15) is 8.75 Å². The number of ether oxygens (including phenoxy) is 4. The van der Waals surface area contributed by atoms with E-state index in [0.717, 1.165) is 29.2 Å². The summed E-state index contributed by atoms with van der Waals surface area (Å²) in [7, 11) is 1.53. The quantitative estimate of drug-likeness (QED) is 0.408. The lowest BCUT2D eigenvalue weighted by atomic mass is 9.88. The van der Waals surface area contributed by atoms with E-state index in [1.54, 1.807) is 54.7 Å². The molecular weight excluding hydrogens is 482 g/mol. The van der Waals surface area contributed by atoms with Crippen molar-refractivity contribution in [2.24, 2.45) is 0 Å². The average Bonchev–Trinajstić information content (AvgIpc) is 3.36. The van der Waals surface area contributed by atoms with Crippen LogP contribution in [0, 0.1) is 0 Å². The van der Waals surface area contributed by atoms with Gasteiger partial charge in [-0.25, -0.2) is 9.78 Å². The Kier molecular flexibility index (Phi) is 5.54. The summed E-state index contributed by atoms with van der Waals surface area (Å²) in [5.41, 5.74) is 3.79. The predicted molar refractivity (Wildman–Crippen MR) is 131 cm³/mol. The highest BCUT2D eigenvalue weighted by Crippen LogP contribution is 2.46. The van der Waals surface area contributed by atoms with Crippen LogP contribution in [0.25, 0.3) is 16.6 Å². The van der Waals surface area contributed by atoms with Gasteiger partial charge < -0.3 is 24.1 Å². The molecule has 6 rings (SSSR count). The van der Waals surface area contributed by atoms with Crippen molar-refractivity contribution < 1.29 is 28.8 Å². The Morgan fingerprint density at radius 3 is 2.72 bits per heavy atom. The van der Waals surface area contributed by atoms with Crippen LogP contribution in [0.1, 0.15) is 23.1 Å². The molecule has 182 valence electrons. The predicted octanol–water partition coefficient (Wildman–Crippen LogP) is 3.65. The summed E-state index contributed by atoms with van der Waals surface area (Å²) in [4.78, 5) is 17.5. The maximum absolute atomic E-state index is 13.3. The molecule has 0 amide bonds. The molecule has 0 bridgehead atoms. The molecule has 10 heteroatoms.